The van der Waals surface area contributed by atoms with E-state index < -0.39 is 0 Å². The van der Waals surface area contributed by atoms with E-state index in [1.54, 1.807) is 0 Å². The summed E-state index contributed by atoms with van der Waals surface area (Å²) in [5, 5.41) is 3.76. The first-order valence-electron chi connectivity index (χ1n) is 8.20. The minimum atomic E-state index is 0.536. The first-order chi connectivity index (χ1) is 8.85. The number of rotatable bonds is 6. The lowest BCUT2D eigenvalue weighted by Crippen LogP contribution is -2.43. The predicted molar refractivity (Wildman–Crippen MR) is 76.8 cm³/mol. The third-order valence-electron chi connectivity index (χ3n) is 5.02. The molecule has 2 fully saturated rings. The van der Waals surface area contributed by atoms with Crippen LogP contribution in [0.25, 0.3) is 0 Å². The van der Waals surface area contributed by atoms with Crippen molar-refractivity contribution in [2.75, 3.05) is 13.2 Å². The van der Waals surface area contributed by atoms with Gasteiger partial charge in [-0.05, 0) is 44.1 Å². The van der Waals surface area contributed by atoms with Gasteiger partial charge in [0, 0.05) is 12.6 Å². The van der Waals surface area contributed by atoms with Gasteiger partial charge in [0.25, 0.3) is 0 Å². The van der Waals surface area contributed by atoms with Crippen molar-refractivity contribution in [3.63, 3.8) is 0 Å². The second-order valence-electron chi connectivity index (χ2n) is 6.15. The van der Waals surface area contributed by atoms with E-state index in [2.05, 4.69) is 19.2 Å². The van der Waals surface area contributed by atoms with Gasteiger partial charge >= 0.3 is 0 Å². The van der Waals surface area contributed by atoms with E-state index in [1.807, 2.05) is 0 Å². The highest BCUT2D eigenvalue weighted by Gasteiger charge is 2.32. The average Bonchev–Trinajstić information content (AvgIpc) is 2.91. The number of hydrogen-bond donors (Lipinski definition) is 1. The Morgan fingerprint density at radius 2 is 1.94 bits per heavy atom. The molecule has 2 rings (SSSR count). The van der Waals surface area contributed by atoms with Gasteiger partial charge in [-0.1, -0.05) is 39.5 Å². The van der Waals surface area contributed by atoms with Crippen LogP contribution in [0.5, 0.6) is 0 Å². The summed E-state index contributed by atoms with van der Waals surface area (Å²) in [7, 11) is 0. The van der Waals surface area contributed by atoms with Crippen molar-refractivity contribution in [2.45, 2.75) is 77.4 Å². The number of hydrogen-bond acceptors (Lipinski definition) is 2. The molecule has 4 unspecified atom stereocenters. The molecule has 2 aliphatic rings. The summed E-state index contributed by atoms with van der Waals surface area (Å²) in [6, 6.07) is 0.698. The molecule has 1 heterocycles. The molecule has 0 aromatic heterocycles. The van der Waals surface area contributed by atoms with Crippen molar-refractivity contribution in [2.24, 2.45) is 11.8 Å². The summed E-state index contributed by atoms with van der Waals surface area (Å²) < 4.78 is 5.85. The molecule has 1 aliphatic heterocycles. The zero-order valence-corrected chi connectivity index (χ0v) is 12.3. The van der Waals surface area contributed by atoms with E-state index in [0.29, 0.717) is 12.1 Å². The van der Waals surface area contributed by atoms with Crippen LogP contribution >= 0.6 is 0 Å². The third-order valence-corrected chi connectivity index (χ3v) is 5.02. The molecule has 1 saturated heterocycles. The Labute approximate surface area is 113 Å². The minimum absolute atomic E-state index is 0.536. The lowest BCUT2D eigenvalue weighted by atomic mass is 9.72. The molecule has 106 valence electrons. The second kappa shape index (κ2) is 7.49. The molecule has 0 radical (unpaired) electrons. The van der Waals surface area contributed by atoms with E-state index in [-0.39, 0.29) is 0 Å². The quantitative estimate of drug-likeness (QED) is 0.778. The van der Waals surface area contributed by atoms with Crippen LogP contribution in [-0.2, 0) is 4.74 Å². The van der Waals surface area contributed by atoms with Crippen LogP contribution in [0.15, 0.2) is 0 Å². The van der Waals surface area contributed by atoms with Crippen LogP contribution < -0.4 is 5.32 Å². The lowest BCUT2D eigenvalue weighted by molar-refractivity contribution is 0.0723. The van der Waals surface area contributed by atoms with E-state index in [4.69, 9.17) is 4.74 Å². The van der Waals surface area contributed by atoms with Crippen LogP contribution in [-0.4, -0.2) is 25.3 Å². The van der Waals surface area contributed by atoms with Crippen LogP contribution in [0.2, 0.25) is 0 Å². The molecule has 0 aromatic carbocycles. The van der Waals surface area contributed by atoms with E-state index in [1.165, 1.54) is 51.4 Å². The van der Waals surface area contributed by atoms with Crippen molar-refractivity contribution < 1.29 is 4.74 Å². The van der Waals surface area contributed by atoms with Gasteiger partial charge in [0.2, 0.25) is 0 Å². The number of nitrogens with one attached hydrogen (secondary N) is 1. The Hall–Kier alpha value is -0.0800. The normalized spacial score (nSPS) is 34.7. The topological polar surface area (TPSA) is 21.3 Å². The maximum absolute atomic E-state index is 5.85. The third kappa shape index (κ3) is 3.71. The van der Waals surface area contributed by atoms with Gasteiger partial charge in [0.05, 0.1) is 6.10 Å². The highest BCUT2D eigenvalue weighted by Crippen LogP contribution is 2.36. The molecule has 4 atom stereocenters. The fourth-order valence-electron chi connectivity index (χ4n) is 4.06. The molecule has 0 aromatic rings. The lowest BCUT2D eigenvalue weighted by Gasteiger charge is -2.38. The summed E-state index contributed by atoms with van der Waals surface area (Å²) in [6.45, 7) is 6.71. The Morgan fingerprint density at radius 3 is 2.61 bits per heavy atom. The Kier molecular flexibility index (Phi) is 5.97. The van der Waals surface area contributed by atoms with Gasteiger partial charge in [0.1, 0.15) is 0 Å². The van der Waals surface area contributed by atoms with Crippen molar-refractivity contribution in [3.05, 3.63) is 0 Å². The zero-order chi connectivity index (χ0) is 12.8. The molecule has 1 saturated carbocycles. The largest absolute Gasteiger partial charge is 0.378 e. The molecule has 0 bridgehead atoms. The summed E-state index contributed by atoms with van der Waals surface area (Å²) in [5.74, 6) is 1.84. The maximum Gasteiger partial charge on any atom is 0.0590 e. The average molecular weight is 253 g/mol. The monoisotopic (exact) mass is 253 g/mol. The Balaban J connectivity index is 1.93. The van der Waals surface area contributed by atoms with Gasteiger partial charge in [-0.3, -0.25) is 0 Å². The number of ether oxygens (including phenoxy) is 1. The van der Waals surface area contributed by atoms with E-state index in [0.717, 1.165) is 25.0 Å². The molecule has 0 spiro atoms. The zero-order valence-electron chi connectivity index (χ0n) is 12.3. The summed E-state index contributed by atoms with van der Waals surface area (Å²) >= 11 is 0. The molecule has 0 amide bonds. The van der Waals surface area contributed by atoms with E-state index >= 15 is 0 Å². The van der Waals surface area contributed by atoms with Gasteiger partial charge in [0.15, 0.2) is 0 Å². The smallest absolute Gasteiger partial charge is 0.0590 e. The predicted octanol–water partition coefficient (Wildman–Crippen LogP) is 3.75. The molecule has 2 nitrogen and oxygen atoms in total. The van der Waals surface area contributed by atoms with Gasteiger partial charge in [-0.15, -0.1) is 0 Å². The first kappa shape index (κ1) is 14.3. The van der Waals surface area contributed by atoms with Gasteiger partial charge in [-0.2, -0.15) is 0 Å². The standard InChI is InChI=1S/C16H31NO/c1-3-13-8-5-6-10-15(13)16(17-4-2)12-14-9-7-11-18-14/h13-17H,3-12H2,1-2H3. The second-order valence-corrected chi connectivity index (χ2v) is 6.15. The van der Waals surface area contributed by atoms with Crippen molar-refractivity contribution in [1.29, 1.82) is 0 Å². The summed E-state index contributed by atoms with van der Waals surface area (Å²) in [5.41, 5.74) is 0. The molecular formula is C16H31NO. The van der Waals surface area contributed by atoms with Gasteiger partial charge in [-0.25, -0.2) is 0 Å². The first-order valence-corrected chi connectivity index (χ1v) is 8.20. The molecule has 1 aliphatic carbocycles. The Bertz CT molecular complexity index is 225. The molecule has 1 N–H and O–H groups in total. The van der Waals surface area contributed by atoms with E-state index in [9.17, 15) is 0 Å². The fraction of sp³-hybridized carbons (Fsp3) is 1.00. The van der Waals surface area contributed by atoms with Crippen LogP contribution in [0, 0.1) is 11.8 Å². The van der Waals surface area contributed by atoms with Gasteiger partial charge < -0.3 is 10.1 Å². The highest BCUT2D eigenvalue weighted by molar-refractivity contribution is 4.87. The fourth-order valence-corrected chi connectivity index (χ4v) is 4.06. The van der Waals surface area contributed by atoms with Crippen molar-refractivity contribution in [3.8, 4) is 0 Å². The summed E-state index contributed by atoms with van der Waals surface area (Å²) in [4.78, 5) is 0. The molecule has 18 heavy (non-hydrogen) atoms. The minimum Gasteiger partial charge on any atom is -0.378 e. The van der Waals surface area contributed by atoms with Crippen LogP contribution in [0.1, 0.15) is 65.2 Å². The maximum atomic E-state index is 5.85. The molecule has 2 heteroatoms. The SMILES string of the molecule is CCNC(CC1CCCO1)C1CCCCC1CC. The summed E-state index contributed by atoms with van der Waals surface area (Å²) in [6.07, 6.45) is 11.5. The Morgan fingerprint density at radius 1 is 1.11 bits per heavy atom. The molecular weight excluding hydrogens is 222 g/mol. The van der Waals surface area contributed by atoms with Crippen LogP contribution in [0.4, 0.5) is 0 Å². The van der Waals surface area contributed by atoms with Crippen molar-refractivity contribution in [1.82, 2.24) is 5.32 Å². The highest BCUT2D eigenvalue weighted by atomic mass is 16.5. The van der Waals surface area contributed by atoms with Crippen LogP contribution in [0.3, 0.4) is 0 Å². The van der Waals surface area contributed by atoms with Crippen molar-refractivity contribution >= 4 is 0 Å².